The van der Waals surface area contributed by atoms with E-state index < -0.39 is 11.2 Å². The molecule has 0 spiro atoms. The third kappa shape index (κ3) is 3.46. The highest BCUT2D eigenvalue weighted by molar-refractivity contribution is 7.20. The quantitative estimate of drug-likeness (QED) is 0.605. The number of likely N-dealkylation sites (tertiary alicyclic amines) is 1. The average Bonchev–Trinajstić information content (AvgIpc) is 3.38. The van der Waals surface area contributed by atoms with Crippen LogP contribution in [0.15, 0.2) is 34.0 Å². The summed E-state index contributed by atoms with van der Waals surface area (Å²) in [6.07, 6.45) is 2.38. The van der Waals surface area contributed by atoms with E-state index in [-0.39, 0.29) is 23.4 Å². The van der Waals surface area contributed by atoms with Crippen LogP contribution in [0, 0.1) is 0 Å². The van der Waals surface area contributed by atoms with Crippen molar-refractivity contribution >= 4 is 33.4 Å². The van der Waals surface area contributed by atoms with Crippen LogP contribution in [0.1, 0.15) is 38.1 Å². The molecule has 1 aliphatic rings. The second-order valence-corrected chi connectivity index (χ2v) is 8.90. The van der Waals surface area contributed by atoms with Crippen molar-refractivity contribution in [3.8, 4) is 0 Å². The lowest BCUT2D eigenvalue weighted by molar-refractivity contribution is 0.0779. The standard InChI is InChI=1S/C21H23N5O4S/c1-23(2)20(29)17-16(13-6-5-8-22-18(13)31-17)12-7-9-26(11-12)19(28)14-10-15(27)25(4)21(30)24(14)3/h5-6,8,10,12H,7,9,11H2,1-4H3/t12-/m0/s1. The number of fused-ring (bicyclic) bond motifs is 1. The van der Waals surface area contributed by atoms with Crippen molar-refractivity contribution in [3.63, 3.8) is 0 Å². The van der Waals surface area contributed by atoms with E-state index in [0.717, 1.165) is 20.3 Å². The molecule has 0 bridgehead atoms. The number of pyridine rings is 1. The lowest BCUT2D eigenvalue weighted by Crippen LogP contribution is -2.42. The van der Waals surface area contributed by atoms with Crippen LogP contribution >= 0.6 is 11.3 Å². The summed E-state index contributed by atoms with van der Waals surface area (Å²) < 4.78 is 2.16. The summed E-state index contributed by atoms with van der Waals surface area (Å²) in [5.41, 5.74) is -0.0773. The molecule has 0 aliphatic carbocycles. The Morgan fingerprint density at radius 1 is 1.19 bits per heavy atom. The lowest BCUT2D eigenvalue weighted by Gasteiger charge is -2.19. The van der Waals surface area contributed by atoms with E-state index in [1.54, 1.807) is 30.1 Å². The van der Waals surface area contributed by atoms with Crippen molar-refractivity contribution in [1.29, 1.82) is 0 Å². The molecule has 31 heavy (non-hydrogen) atoms. The molecule has 1 aliphatic heterocycles. The fraction of sp³-hybridized carbons (Fsp3) is 0.381. The number of hydrogen-bond acceptors (Lipinski definition) is 6. The Bertz CT molecular complexity index is 1320. The number of nitrogens with zero attached hydrogens (tertiary/aromatic N) is 5. The average molecular weight is 442 g/mol. The number of carbonyl (C=O) groups excluding carboxylic acids is 2. The Balaban J connectivity index is 1.70. The first-order valence-corrected chi connectivity index (χ1v) is 10.7. The van der Waals surface area contributed by atoms with Crippen molar-refractivity contribution in [2.75, 3.05) is 27.2 Å². The minimum atomic E-state index is -0.541. The molecule has 2 amide bonds. The Kier molecular flexibility index (Phi) is 5.26. The molecule has 10 heteroatoms. The van der Waals surface area contributed by atoms with Gasteiger partial charge in [-0.15, -0.1) is 11.3 Å². The summed E-state index contributed by atoms with van der Waals surface area (Å²) in [5.74, 6) is -0.487. The Morgan fingerprint density at radius 3 is 2.65 bits per heavy atom. The van der Waals surface area contributed by atoms with E-state index in [0.29, 0.717) is 24.4 Å². The molecular weight excluding hydrogens is 418 g/mol. The van der Waals surface area contributed by atoms with Gasteiger partial charge in [0.2, 0.25) is 0 Å². The maximum Gasteiger partial charge on any atom is 0.331 e. The molecular formula is C21H23N5O4S. The van der Waals surface area contributed by atoms with E-state index >= 15 is 0 Å². The van der Waals surface area contributed by atoms with Gasteiger partial charge in [-0.3, -0.25) is 23.5 Å². The van der Waals surface area contributed by atoms with Gasteiger partial charge in [-0.2, -0.15) is 0 Å². The molecule has 0 radical (unpaired) electrons. The summed E-state index contributed by atoms with van der Waals surface area (Å²) in [7, 11) is 6.29. The molecule has 1 fully saturated rings. The summed E-state index contributed by atoms with van der Waals surface area (Å²) >= 11 is 1.37. The number of thiophene rings is 1. The zero-order valence-electron chi connectivity index (χ0n) is 17.8. The molecule has 0 saturated carbocycles. The van der Waals surface area contributed by atoms with E-state index in [1.807, 2.05) is 12.1 Å². The van der Waals surface area contributed by atoms with Gasteiger partial charge in [0.1, 0.15) is 10.5 Å². The molecule has 1 atom stereocenters. The van der Waals surface area contributed by atoms with Crippen LogP contribution < -0.4 is 11.2 Å². The van der Waals surface area contributed by atoms with Crippen molar-refractivity contribution < 1.29 is 9.59 Å². The summed E-state index contributed by atoms with van der Waals surface area (Å²) in [5, 5.41) is 0.929. The van der Waals surface area contributed by atoms with Crippen LogP contribution in [0.5, 0.6) is 0 Å². The molecule has 4 rings (SSSR count). The molecule has 162 valence electrons. The molecule has 9 nitrogen and oxygen atoms in total. The highest BCUT2D eigenvalue weighted by Crippen LogP contribution is 2.40. The van der Waals surface area contributed by atoms with E-state index in [9.17, 15) is 19.2 Å². The Morgan fingerprint density at radius 2 is 1.94 bits per heavy atom. The van der Waals surface area contributed by atoms with Crippen LogP contribution in [0.4, 0.5) is 0 Å². The van der Waals surface area contributed by atoms with Crippen LogP contribution in [-0.2, 0) is 14.1 Å². The number of carbonyl (C=O) groups is 2. The summed E-state index contributed by atoms with van der Waals surface area (Å²) in [6.45, 7) is 0.872. The molecule has 3 aromatic rings. The normalized spacial score (nSPS) is 16.1. The molecule has 1 saturated heterocycles. The SMILES string of the molecule is CN(C)C(=O)c1sc2ncccc2c1[C@H]1CCN(C(=O)c2cc(=O)n(C)c(=O)n2C)C1. The first-order chi connectivity index (χ1) is 14.7. The molecule has 3 aromatic heterocycles. The van der Waals surface area contributed by atoms with E-state index in [1.165, 1.54) is 36.1 Å². The Hall–Kier alpha value is -3.27. The van der Waals surface area contributed by atoms with Gasteiger partial charge in [0, 0.05) is 64.8 Å². The maximum absolute atomic E-state index is 13.1. The predicted octanol–water partition coefficient (Wildman–Crippen LogP) is 1.03. The van der Waals surface area contributed by atoms with Crippen LogP contribution in [0.3, 0.4) is 0 Å². The van der Waals surface area contributed by atoms with Crippen molar-refractivity contribution in [2.45, 2.75) is 12.3 Å². The first-order valence-electron chi connectivity index (χ1n) is 9.86. The van der Waals surface area contributed by atoms with Crippen molar-refractivity contribution in [3.05, 3.63) is 61.4 Å². The van der Waals surface area contributed by atoms with Crippen molar-refractivity contribution in [1.82, 2.24) is 23.9 Å². The minimum absolute atomic E-state index is 0.0376. The maximum atomic E-state index is 13.1. The molecule has 4 heterocycles. The van der Waals surface area contributed by atoms with Crippen LogP contribution in [0.2, 0.25) is 0 Å². The van der Waals surface area contributed by atoms with Crippen molar-refractivity contribution in [2.24, 2.45) is 14.1 Å². The van der Waals surface area contributed by atoms with E-state index in [4.69, 9.17) is 0 Å². The van der Waals surface area contributed by atoms with Crippen LogP contribution in [-0.4, -0.2) is 62.9 Å². The van der Waals surface area contributed by atoms with Gasteiger partial charge in [0.25, 0.3) is 17.4 Å². The number of amides is 2. The number of hydrogen-bond donors (Lipinski definition) is 0. The zero-order chi connectivity index (χ0) is 22.4. The van der Waals surface area contributed by atoms with Gasteiger partial charge in [-0.05, 0) is 18.1 Å². The highest BCUT2D eigenvalue weighted by atomic mass is 32.1. The second kappa shape index (κ2) is 7.77. The fourth-order valence-corrected chi connectivity index (χ4v) is 5.25. The predicted molar refractivity (Wildman–Crippen MR) is 118 cm³/mol. The summed E-state index contributed by atoms with van der Waals surface area (Å²) in [6, 6.07) is 4.99. The topological polar surface area (TPSA) is 97.5 Å². The molecule has 0 unspecified atom stereocenters. The van der Waals surface area contributed by atoms with Gasteiger partial charge < -0.3 is 9.80 Å². The Labute approximate surface area is 182 Å². The van der Waals surface area contributed by atoms with Gasteiger partial charge >= 0.3 is 5.69 Å². The first kappa shape index (κ1) is 21.0. The van der Waals surface area contributed by atoms with Crippen LogP contribution in [0.25, 0.3) is 10.2 Å². The van der Waals surface area contributed by atoms with Gasteiger partial charge in [0.05, 0.1) is 4.88 Å². The largest absolute Gasteiger partial charge is 0.344 e. The molecule has 0 aromatic carbocycles. The smallest absolute Gasteiger partial charge is 0.331 e. The zero-order valence-corrected chi connectivity index (χ0v) is 18.6. The second-order valence-electron chi connectivity index (χ2n) is 7.91. The van der Waals surface area contributed by atoms with Gasteiger partial charge in [0.15, 0.2) is 0 Å². The lowest BCUT2D eigenvalue weighted by atomic mass is 9.95. The fourth-order valence-electron chi connectivity index (χ4n) is 4.00. The third-order valence-electron chi connectivity index (χ3n) is 5.73. The van der Waals surface area contributed by atoms with Gasteiger partial charge in [-0.1, -0.05) is 6.07 Å². The minimum Gasteiger partial charge on any atom is -0.344 e. The number of rotatable bonds is 3. The van der Waals surface area contributed by atoms with E-state index in [2.05, 4.69) is 4.98 Å². The number of aromatic nitrogens is 3. The summed E-state index contributed by atoms with van der Waals surface area (Å²) in [4.78, 5) is 59.2. The monoisotopic (exact) mass is 441 g/mol. The highest BCUT2D eigenvalue weighted by Gasteiger charge is 2.34. The third-order valence-corrected chi connectivity index (χ3v) is 6.85. The molecule has 0 N–H and O–H groups in total. The van der Waals surface area contributed by atoms with Gasteiger partial charge in [-0.25, -0.2) is 9.78 Å².